The number of ether oxygens (including phenoxy) is 1. The Labute approximate surface area is 102 Å². The molecule has 1 unspecified atom stereocenters. The van der Waals surface area contributed by atoms with E-state index in [-0.39, 0.29) is 5.41 Å². The van der Waals surface area contributed by atoms with E-state index in [0.717, 1.165) is 37.2 Å². The molecule has 1 aromatic carbocycles. The zero-order valence-electron chi connectivity index (χ0n) is 9.98. The van der Waals surface area contributed by atoms with Crippen LogP contribution in [0.5, 0.6) is 5.75 Å². The van der Waals surface area contributed by atoms with Gasteiger partial charge in [-0.25, -0.2) is 0 Å². The minimum Gasteiger partial charge on any atom is -0.493 e. The van der Waals surface area contributed by atoms with Crippen LogP contribution in [0.25, 0.3) is 0 Å². The molecule has 92 valence electrons. The van der Waals surface area contributed by atoms with Crippen LogP contribution in [0.1, 0.15) is 36.5 Å². The van der Waals surface area contributed by atoms with Crippen LogP contribution in [0, 0.1) is 5.41 Å². The van der Waals surface area contributed by atoms with E-state index in [4.69, 9.17) is 10.5 Å². The van der Waals surface area contributed by atoms with Gasteiger partial charge in [-0.3, -0.25) is 0 Å². The molecule has 2 aliphatic rings. The van der Waals surface area contributed by atoms with Crippen LogP contribution in [0.2, 0.25) is 0 Å². The molecule has 3 N–H and O–H groups in total. The summed E-state index contributed by atoms with van der Waals surface area (Å²) in [6.45, 7) is 1.33. The molecule has 1 aromatic rings. The highest BCUT2D eigenvalue weighted by Gasteiger charge is 2.43. The molecule has 1 atom stereocenters. The summed E-state index contributed by atoms with van der Waals surface area (Å²) in [6.07, 6.45) is 3.79. The van der Waals surface area contributed by atoms with E-state index in [1.807, 2.05) is 12.1 Å². The van der Waals surface area contributed by atoms with Gasteiger partial charge in [0.25, 0.3) is 0 Å². The van der Waals surface area contributed by atoms with E-state index < -0.39 is 6.10 Å². The zero-order chi connectivity index (χ0) is 11.9. The maximum atomic E-state index is 10.5. The number of fused-ring (bicyclic) bond motifs is 1. The van der Waals surface area contributed by atoms with Gasteiger partial charge in [0.2, 0.25) is 0 Å². The molecule has 0 amide bonds. The summed E-state index contributed by atoms with van der Waals surface area (Å²) in [6, 6.07) is 6.04. The minimum absolute atomic E-state index is 0.0757. The van der Waals surface area contributed by atoms with Crippen LogP contribution in [0.4, 0.5) is 0 Å². The number of rotatable bonds is 3. The van der Waals surface area contributed by atoms with E-state index >= 15 is 0 Å². The first-order valence-corrected chi connectivity index (χ1v) is 6.39. The molecule has 1 heterocycles. The molecular weight excluding hydrogens is 214 g/mol. The molecule has 0 saturated heterocycles. The smallest absolute Gasteiger partial charge is 0.122 e. The second-order valence-corrected chi connectivity index (χ2v) is 5.29. The Bertz CT molecular complexity index is 421. The van der Waals surface area contributed by atoms with Gasteiger partial charge >= 0.3 is 0 Å². The summed E-state index contributed by atoms with van der Waals surface area (Å²) in [7, 11) is 0. The molecule has 1 aliphatic carbocycles. The fraction of sp³-hybridized carbons (Fsp3) is 0.571. The lowest BCUT2D eigenvalue weighted by Gasteiger charge is -2.45. The Morgan fingerprint density at radius 2 is 2.24 bits per heavy atom. The zero-order valence-corrected chi connectivity index (χ0v) is 9.98. The van der Waals surface area contributed by atoms with Gasteiger partial charge in [-0.05, 0) is 36.1 Å². The molecule has 1 fully saturated rings. The first kappa shape index (κ1) is 11.1. The summed E-state index contributed by atoms with van der Waals surface area (Å²) in [5.74, 6) is 0.969. The fourth-order valence-electron chi connectivity index (χ4n) is 2.95. The van der Waals surface area contributed by atoms with Gasteiger partial charge in [-0.2, -0.15) is 0 Å². The van der Waals surface area contributed by atoms with Crippen molar-refractivity contribution in [3.63, 3.8) is 0 Å². The van der Waals surface area contributed by atoms with Crippen molar-refractivity contribution in [2.24, 2.45) is 11.1 Å². The first-order valence-electron chi connectivity index (χ1n) is 6.39. The normalized spacial score (nSPS) is 22.5. The standard InChI is InChI=1S/C14H19NO2/c15-9-14(5-1-6-14)13(16)11-2-3-12-10(8-11)4-7-17-12/h2-3,8,13,16H,1,4-7,9,15H2. The summed E-state index contributed by atoms with van der Waals surface area (Å²) < 4.78 is 5.48. The van der Waals surface area contributed by atoms with Crippen molar-refractivity contribution in [2.45, 2.75) is 31.8 Å². The second-order valence-electron chi connectivity index (χ2n) is 5.29. The molecule has 0 aromatic heterocycles. The van der Waals surface area contributed by atoms with Gasteiger partial charge in [0.15, 0.2) is 0 Å². The van der Waals surface area contributed by atoms with Crippen LogP contribution in [0.15, 0.2) is 18.2 Å². The van der Waals surface area contributed by atoms with Crippen LogP contribution in [0.3, 0.4) is 0 Å². The SMILES string of the molecule is NCC1(C(O)c2ccc3c(c2)CCO3)CCC1. The monoisotopic (exact) mass is 233 g/mol. The first-order chi connectivity index (χ1) is 8.25. The van der Waals surface area contributed by atoms with Gasteiger partial charge in [0.1, 0.15) is 5.75 Å². The Morgan fingerprint density at radius 3 is 2.88 bits per heavy atom. The van der Waals surface area contributed by atoms with E-state index in [9.17, 15) is 5.11 Å². The van der Waals surface area contributed by atoms with Crippen molar-refractivity contribution in [1.29, 1.82) is 0 Å². The average Bonchev–Trinajstić information content (AvgIpc) is 2.74. The predicted octanol–water partition coefficient (Wildman–Crippen LogP) is 1.78. The number of nitrogens with two attached hydrogens (primary N) is 1. The van der Waals surface area contributed by atoms with Crippen LogP contribution >= 0.6 is 0 Å². The largest absolute Gasteiger partial charge is 0.493 e. The Hall–Kier alpha value is -1.06. The van der Waals surface area contributed by atoms with Crippen molar-refractivity contribution >= 4 is 0 Å². The van der Waals surface area contributed by atoms with Crippen LogP contribution in [-0.4, -0.2) is 18.3 Å². The van der Waals surface area contributed by atoms with Crippen molar-refractivity contribution < 1.29 is 9.84 Å². The van der Waals surface area contributed by atoms with Crippen LogP contribution < -0.4 is 10.5 Å². The third-order valence-electron chi connectivity index (χ3n) is 4.37. The predicted molar refractivity (Wildman–Crippen MR) is 65.9 cm³/mol. The molecular formula is C14H19NO2. The molecule has 1 saturated carbocycles. The Morgan fingerprint density at radius 1 is 1.41 bits per heavy atom. The number of aliphatic hydroxyl groups is 1. The number of hydrogen-bond acceptors (Lipinski definition) is 3. The average molecular weight is 233 g/mol. The lowest BCUT2D eigenvalue weighted by molar-refractivity contribution is -0.0297. The van der Waals surface area contributed by atoms with E-state index in [0.29, 0.717) is 6.54 Å². The van der Waals surface area contributed by atoms with E-state index in [1.165, 1.54) is 12.0 Å². The van der Waals surface area contributed by atoms with Crippen molar-refractivity contribution in [1.82, 2.24) is 0 Å². The van der Waals surface area contributed by atoms with Crippen molar-refractivity contribution in [3.05, 3.63) is 29.3 Å². The van der Waals surface area contributed by atoms with Crippen molar-refractivity contribution in [2.75, 3.05) is 13.2 Å². The third-order valence-corrected chi connectivity index (χ3v) is 4.37. The van der Waals surface area contributed by atoms with Gasteiger partial charge in [-0.1, -0.05) is 12.5 Å². The van der Waals surface area contributed by atoms with Gasteiger partial charge in [-0.15, -0.1) is 0 Å². The highest BCUT2D eigenvalue weighted by atomic mass is 16.5. The second kappa shape index (κ2) is 4.00. The fourth-order valence-corrected chi connectivity index (χ4v) is 2.95. The van der Waals surface area contributed by atoms with E-state index in [1.54, 1.807) is 0 Å². The molecule has 17 heavy (non-hydrogen) atoms. The molecule has 0 radical (unpaired) electrons. The van der Waals surface area contributed by atoms with Gasteiger partial charge in [0.05, 0.1) is 12.7 Å². The molecule has 0 bridgehead atoms. The summed E-state index contributed by atoms with van der Waals surface area (Å²) in [5, 5.41) is 10.5. The topological polar surface area (TPSA) is 55.5 Å². The Balaban J connectivity index is 1.88. The lowest BCUT2D eigenvalue weighted by Crippen LogP contribution is -2.42. The molecule has 0 spiro atoms. The molecule has 3 nitrogen and oxygen atoms in total. The Kier molecular flexibility index (Phi) is 2.60. The molecule has 3 rings (SSSR count). The third kappa shape index (κ3) is 1.65. The number of benzene rings is 1. The summed E-state index contributed by atoms with van der Waals surface area (Å²) in [5.41, 5.74) is 7.97. The minimum atomic E-state index is -0.424. The number of hydrogen-bond donors (Lipinski definition) is 2. The van der Waals surface area contributed by atoms with Gasteiger partial charge in [0, 0.05) is 18.4 Å². The quantitative estimate of drug-likeness (QED) is 0.836. The number of aliphatic hydroxyl groups excluding tert-OH is 1. The summed E-state index contributed by atoms with van der Waals surface area (Å²) in [4.78, 5) is 0. The maximum absolute atomic E-state index is 10.5. The molecule has 1 aliphatic heterocycles. The van der Waals surface area contributed by atoms with Crippen molar-refractivity contribution in [3.8, 4) is 5.75 Å². The van der Waals surface area contributed by atoms with E-state index in [2.05, 4.69) is 6.07 Å². The molecule has 3 heteroatoms. The highest BCUT2D eigenvalue weighted by molar-refractivity contribution is 5.41. The summed E-state index contributed by atoms with van der Waals surface area (Å²) >= 11 is 0. The maximum Gasteiger partial charge on any atom is 0.122 e. The lowest BCUT2D eigenvalue weighted by atomic mass is 9.63. The van der Waals surface area contributed by atoms with Crippen LogP contribution in [-0.2, 0) is 6.42 Å². The highest BCUT2D eigenvalue weighted by Crippen LogP contribution is 2.49. The van der Waals surface area contributed by atoms with Gasteiger partial charge < -0.3 is 15.6 Å².